The Morgan fingerprint density at radius 1 is 0.340 bits per heavy atom. The molecule has 0 aliphatic rings. The zero-order chi connectivity index (χ0) is 33.6. The van der Waals surface area contributed by atoms with E-state index in [1.807, 2.05) is 0 Å². The molecule has 0 aliphatic carbocycles. The summed E-state index contributed by atoms with van der Waals surface area (Å²) in [5, 5.41) is 7.64. The molecule has 0 saturated carbocycles. The normalized spacial score (nSPS) is 11.4. The Balaban J connectivity index is 1.19. The summed E-state index contributed by atoms with van der Waals surface area (Å²) in [7, 11) is 0. The minimum Gasteiger partial charge on any atom is -0.310 e. The Morgan fingerprint density at radius 3 is 1.44 bits per heavy atom. The van der Waals surface area contributed by atoms with Gasteiger partial charge in [0, 0.05) is 33.8 Å². The van der Waals surface area contributed by atoms with Crippen molar-refractivity contribution >= 4 is 66.4 Å². The molecule has 9 rings (SSSR count). The average molecular weight is 641 g/mol. The predicted octanol–water partition coefficient (Wildman–Crippen LogP) is 13.8. The lowest BCUT2D eigenvalue weighted by Crippen LogP contribution is -2.10. The molecule has 9 aromatic carbocycles. The lowest BCUT2D eigenvalue weighted by atomic mass is 9.89. The second-order valence-corrected chi connectivity index (χ2v) is 13.2. The molecule has 0 saturated heterocycles. The SMILES string of the molecule is Cc1cccc(N(c2ccccc2)c2ccc(-c3ccc4ccc5c(N(c6ccccc6)c6cccc(C)c6)ccc6ccc3c4c65)cc2)c1. The van der Waals surface area contributed by atoms with Crippen LogP contribution in [0.4, 0.5) is 34.1 Å². The molecule has 50 heavy (non-hydrogen) atoms. The summed E-state index contributed by atoms with van der Waals surface area (Å²) in [6, 6.07) is 66.2. The summed E-state index contributed by atoms with van der Waals surface area (Å²) in [4.78, 5) is 4.72. The first-order valence-electron chi connectivity index (χ1n) is 17.3. The predicted molar refractivity (Wildman–Crippen MR) is 214 cm³/mol. The molecule has 0 N–H and O–H groups in total. The van der Waals surface area contributed by atoms with Gasteiger partial charge in [-0.15, -0.1) is 0 Å². The van der Waals surface area contributed by atoms with Gasteiger partial charge in [-0.2, -0.15) is 0 Å². The summed E-state index contributed by atoms with van der Waals surface area (Å²) in [5.41, 5.74) is 11.8. The van der Waals surface area contributed by atoms with Crippen LogP contribution in [0.3, 0.4) is 0 Å². The van der Waals surface area contributed by atoms with E-state index >= 15 is 0 Å². The third kappa shape index (κ3) is 5.14. The van der Waals surface area contributed by atoms with Crippen LogP contribution in [0.2, 0.25) is 0 Å². The molecule has 0 bridgehead atoms. The van der Waals surface area contributed by atoms with E-state index in [9.17, 15) is 0 Å². The first kappa shape index (κ1) is 29.7. The van der Waals surface area contributed by atoms with Crippen LogP contribution in [0.1, 0.15) is 11.1 Å². The second kappa shape index (κ2) is 12.3. The summed E-state index contributed by atoms with van der Waals surface area (Å²) < 4.78 is 0. The van der Waals surface area contributed by atoms with Gasteiger partial charge in [-0.3, -0.25) is 0 Å². The van der Waals surface area contributed by atoms with Crippen LogP contribution in [0.5, 0.6) is 0 Å². The van der Waals surface area contributed by atoms with Crippen molar-refractivity contribution < 1.29 is 0 Å². The standard InChI is InChI=1S/C48H36N2/c1-33-11-9-17-41(31-33)49(38-13-5-3-6-14-38)40-25-19-35(20-26-40)43-27-21-36-23-29-45-46(30-24-37-22-28-44(43)47(36)48(37)45)50(39-15-7-4-8-16-39)42-18-10-12-34(2)32-42/h3-32H,1-2H3. The fraction of sp³-hybridized carbons (Fsp3) is 0.0417. The van der Waals surface area contributed by atoms with Gasteiger partial charge in [0.15, 0.2) is 0 Å². The van der Waals surface area contributed by atoms with E-state index in [4.69, 9.17) is 0 Å². The van der Waals surface area contributed by atoms with E-state index in [0.717, 1.165) is 28.4 Å². The molecule has 0 atom stereocenters. The van der Waals surface area contributed by atoms with Crippen LogP contribution in [0.25, 0.3) is 43.4 Å². The molecule has 0 aromatic heterocycles. The van der Waals surface area contributed by atoms with E-state index in [0.29, 0.717) is 0 Å². The van der Waals surface area contributed by atoms with Crippen LogP contribution in [-0.2, 0) is 0 Å². The number of anilines is 6. The summed E-state index contributed by atoms with van der Waals surface area (Å²) in [5.74, 6) is 0. The zero-order valence-corrected chi connectivity index (χ0v) is 28.2. The van der Waals surface area contributed by atoms with Crippen molar-refractivity contribution in [2.24, 2.45) is 0 Å². The van der Waals surface area contributed by atoms with E-state index < -0.39 is 0 Å². The van der Waals surface area contributed by atoms with Gasteiger partial charge in [-0.05, 0) is 130 Å². The van der Waals surface area contributed by atoms with Crippen molar-refractivity contribution in [2.45, 2.75) is 13.8 Å². The molecule has 9 aromatic rings. The van der Waals surface area contributed by atoms with Crippen molar-refractivity contribution in [3.8, 4) is 11.1 Å². The van der Waals surface area contributed by atoms with E-state index in [1.54, 1.807) is 0 Å². The Kier molecular flexibility index (Phi) is 7.29. The lowest BCUT2D eigenvalue weighted by molar-refractivity contribution is 1.27. The lowest BCUT2D eigenvalue weighted by Gasteiger charge is -2.28. The van der Waals surface area contributed by atoms with Crippen LogP contribution in [0.15, 0.2) is 182 Å². The van der Waals surface area contributed by atoms with Crippen LogP contribution >= 0.6 is 0 Å². The highest BCUT2D eigenvalue weighted by atomic mass is 15.1. The third-order valence-electron chi connectivity index (χ3n) is 9.87. The van der Waals surface area contributed by atoms with Crippen molar-refractivity contribution in [2.75, 3.05) is 9.80 Å². The molecule has 0 amide bonds. The molecule has 2 nitrogen and oxygen atoms in total. The Bertz CT molecular complexity index is 2610. The molecule has 0 radical (unpaired) electrons. The number of hydrogen-bond acceptors (Lipinski definition) is 2. The molecular weight excluding hydrogens is 605 g/mol. The monoisotopic (exact) mass is 640 g/mol. The van der Waals surface area contributed by atoms with Crippen molar-refractivity contribution in [1.82, 2.24) is 0 Å². The summed E-state index contributed by atoms with van der Waals surface area (Å²) in [6.45, 7) is 4.31. The Morgan fingerprint density at radius 2 is 0.820 bits per heavy atom. The number of hydrogen-bond donors (Lipinski definition) is 0. The van der Waals surface area contributed by atoms with Crippen LogP contribution < -0.4 is 9.80 Å². The number of aryl methyl sites for hydroxylation is 2. The Hall–Kier alpha value is -6.38. The molecule has 2 heteroatoms. The largest absolute Gasteiger partial charge is 0.310 e. The van der Waals surface area contributed by atoms with Crippen molar-refractivity contribution in [3.63, 3.8) is 0 Å². The van der Waals surface area contributed by atoms with Gasteiger partial charge in [0.05, 0.1) is 5.69 Å². The van der Waals surface area contributed by atoms with Crippen LogP contribution in [-0.4, -0.2) is 0 Å². The van der Waals surface area contributed by atoms with E-state index in [1.165, 1.54) is 60.3 Å². The molecule has 0 heterocycles. The number of para-hydroxylation sites is 2. The van der Waals surface area contributed by atoms with Crippen LogP contribution in [0, 0.1) is 13.8 Å². The number of nitrogens with zero attached hydrogens (tertiary/aromatic N) is 2. The fourth-order valence-corrected chi connectivity index (χ4v) is 7.59. The fourth-order valence-electron chi connectivity index (χ4n) is 7.59. The van der Waals surface area contributed by atoms with E-state index in [2.05, 4.69) is 206 Å². The maximum absolute atomic E-state index is 2.39. The van der Waals surface area contributed by atoms with Crippen molar-refractivity contribution in [3.05, 3.63) is 193 Å². The molecule has 0 fully saturated rings. The van der Waals surface area contributed by atoms with Gasteiger partial charge in [0.2, 0.25) is 0 Å². The molecule has 0 unspecified atom stereocenters. The molecule has 0 aliphatic heterocycles. The molecule has 0 spiro atoms. The minimum atomic E-state index is 1.13. The molecular formula is C48H36N2. The van der Waals surface area contributed by atoms with Gasteiger partial charge < -0.3 is 9.80 Å². The van der Waals surface area contributed by atoms with Gasteiger partial charge in [0.25, 0.3) is 0 Å². The quantitative estimate of drug-likeness (QED) is 0.160. The highest BCUT2D eigenvalue weighted by Crippen LogP contribution is 2.46. The smallest absolute Gasteiger partial charge is 0.0540 e. The zero-order valence-electron chi connectivity index (χ0n) is 28.2. The summed E-state index contributed by atoms with van der Waals surface area (Å²) >= 11 is 0. The minimum absolute atomic E-state index is 1.13. The van der Waals surface area contributed by atoms with Gasteiger partial charge in [-0.1, -0.05) is 115 Å². The number of benzene rings is 9. The first-order valence-corrected chi connectivity index (χ1v) is 17.3. The maximum Gasteiger partial charge on any atom is 0.0540 e. The Labute approximate surface area is 293 Å². The van der Waals surface area contributed by atoms with Gasteiger partial charge in [-0.25, -0.2) is 0 Å². The maximum atomic E-state index is 2.39. The first-order chi connectivity index (χ1) is 24.6. The second-order valence-electron chi connectivity index (χ2n) is 13.2. The molecule has 238 valence electrons. The highest BCUT2D eigenvalue weighted by molar-refractivity contribution is 6.27. The number of rotatable bonds is 7. The summed E-state index contributed by atoms with van der Waals surface area (Å²) in [6.07, 6.45) is 0. The topological polar surface area (TPSA) is 6.48 Å². The highest BCUT2D eigenvalue weighted by Gasteiger charge is 2.20. The third-order valence-corrected chi connectivity index (χ3v) is 9.87. The van der Waals surface area contributed by atoms with Gasteiger partial charge in [0.1, 0.15) is 0 Å². The average Bonchev–Trinajstić information content (AvgIpc) is 3.16. The van der Waals surface area contributed by atoms with Gasteiger partial charge >= 0.3 is 0 Å². The van der Waals surface area contributed by atoms with Crippen molar-refractivity contribution in [1.29, 1.82) is 0 Å². The van der Waals surface area contributed by atoms with E-state index in [-0.39, 0.29) is 0 Å².